The number of thiol groups is 1. The summed E-state index contributed by atoms with van der Waals surface area (Å²) < 4.78 is 0. The number of rotatable bonds is 25. The summed E-state index contributed by atoms with van der Waals surface area (Å²) in [5.41, 5.74) is 0. The van der Waals surface area contributed by atoms with Crippen LogP contribution in [-0.2, 0) is 14.4 Å². The normalized spacial score (nSPS) is 10.9. The lowest BCUT2D eigenvalue weighted by Crippen LogP contribution is -2.41. The Morgan fingerprint density at radius 1 is 0.559 bits per heavy atom. The third-order valence-corrected chi connectivity index (χ3v) is 7.11. The molecule has 0 aliphatic rings. The van der Waals surface area contributed by atoms with Crippen molar-refractivity contribution >= 4 is 42.2 Å². The molecule has 0 rings (SSSR count). The molecule has 200 valence electrons. The van der Waals surface area contributed by atoms with Crippen molar-refractivity contribution in [1.82, 2.24) is 10.6 Å². The molecular weight excluding hydrogens is 468 g/mol. The van der Waals surface area contributed by atoms with Crippen molar-refractivity contribution in [3.05, 3.63) is 0 Å². The van der Waals surface area contributed by atoms with Crippen molar-refractivity contribution in [3.63, 3.8) is 0 Å². The summed E-state index contributed by atoms with van der Waals surface area (Å²) in [6, 6.07) is 0. The van der Waals surface area contributed by atoms with Crippen molar-refractivity contribution in [2.75, 3.05) is 30.3 Å². The average molecular weight is 519 g/mol. The van der Waals surface area contributed by atoms with E-state index in [1.165, 1.54) is 96.3 Å². The fourth-order valence-corrected chi connectivity index (χ4v) is 4.77. The van der Waals surface area contributed by atoms with E-state index in [2.05, 4.69) is 23.3 Å². The SMILES string of the molecule is O=C(O)CCCCCCCCCCCCCCCCCCCSCCNC(=O)C(=O)NCCS. The second-order valence-electron chi connectivity index (χ2n) is 9.00. The summed E-state index contributed by atoms with van der Waals surface area (Å²) in [6.07, 6.45) is 22.0. The highest BCUT2D eigenvalue weighted by Crippen LogP contribution is 2.15. The zero-order valence-electron chi connectivity index (χ0n) is 21.3. The highest BCUT2D eigenvalue weighted by atomic mass is 32.2. The summed E-state index contributed by atoms with van der Waals surface area (Å²) in [5.74, 6) is 0.691. The summed E-state index contributed by atoms with van der Waals surface area (Å²) in [5, 5.41) is 13.7. The van der Waals surface area contributed by atoms with Crippen LogP contribution in [0.25, 0.3) is 0 Å². The Hall–Kier alpha value is -0.890. The Bertz CT molecular complexity index is 507. The van der Waals surface area contributed by atoms with E-state index in [1.54, 1.807) is 0 Å². The predicted octanol–water partition coefficient (Wildman–Crippen LogP) is 5.99. The molecule has 3 N–H and O–H groups in total. The van der Waals surface area contributed by atoms with E-state index in [9.17, 15) is 14.4 Å². The molecule has 2 amide bonds. The van der Waals surface area contributed by atoms with E-state index in [0.717, 1.165) is 24.3 Å². The summed E-state index contributed by atoms with van der Waals surface area (Å²) in [6.45, 7) is 0.944. The van der Waals surface area contributed by atoms with Crippen molar-refractivity contribution < 1.29 is 19.5 Å². The number of hydrogen-bond donors (Lipinski definition) is 4. The smallest absolute Gasteiger partial charge is 0.309 e. The van der Waals surface area contributed by atoms with E-state index >= 15 is 0 Å². The minimum atomic E-state index is -0.669. The molecule has 0 unspecified atom stereocenters. The predicted molar refractivity (Wildman–Crippen MR) is 148 cm³/mol. The molecule has 0 aromatic heterocycles. The van der Waals surface area contributed by atoms with Crippen molar-refractivity contribution in [1.29, 1.82) is 0 Å². The lowest BCUT2D eigenvalue weighted by Gasteiger charge is -2.06. The minimum Gasteiger partial charge on any atom is -0.481 e. The second-order valence-corrected chi connectivity index (χ2v) is 10.7. The third kappa shape index (κ3) is 25.7. The minimum absolute atomic E-state index is 0.323. The fraction of sp³-hybridized carbons (Fsp3) is 0.885. The van der Waals surface area contributed by atoms with E-state index in [0.29, 0.717) is 25.3 Å². The molecule has 0 aromatic rings. The van der Waals surface area contributed by atoms with Gasteiger partial charge in [0, 0.05) is 31.0 Å². The lowest BCUT2D eigenvalue weighted by atomic mass is 10.0. The Balaban J connectivity index is 3.14. The molecule has 8 heteroatoms. The molecule has 0 atom stereocenters. The van der Waals surface area contributed by atoms with Gasteiger partial charge in [-0.1, -0.05) is 96.3 Å². The maximum absolute atomic E-state index is 11.5. The van der Waals surface area contributed by atoms with Crippen LogP contribution in [0.1, 0.15) is 116 Å². The molecule has 0 aliphatic heterocycles. The van der Waals surface area contributed by atoms with Crippen LogP contribution in [0.15, 0.2) is 0 Å². The zero-order chi connectivity index (χ0) is 25.1. The van der Waals surface area contributed by atoms with Crippen molar-refractivity contribution in [3.8, 4) is 0 Å². The first kappa shape index (κ1) is 33.1. The number of carbonyl (C=O) groups excluding carboxylic acids is 2. The number of thioether (sulfide) groups is 1. The topological polar surface area (TPSA) is 95.5 Å². The molecular formula is C26H50N2O4S2. The molecule has 0 saturated heterocycles. The number of amides is 2. The molecule has 0 heterocycles. The number of carboxylic acid groups (broad SMARTS) is 1. The van der Waals surface area contributed by atoms with Crippen LogP contribution in [0.2, 0.25) is 0 Å². The largest absolute Gasteiger partial charge is 0.481 e. The highest BCUT2D eigenvalue weighted by Gasteiger charge is 2.10. The molecule has 0 aliphatic carbocycles. The lowest BCUT2D eigenvalue weighted by molar-refractivity contribution is -0.139. The standard InChI is InChI=1S/C26H50N2O4S2/c29-24(30)18-16-14-12-10-8-6-4-2-1-3-5-7-9-11-13-15-17-22-34-23-20-28-26(32)25(31)27-19-21-33/h33H,1-23H2,(H,27,31)(H,28,32)(H,29,30). The third-order valence-electron chi connectivity index (χ3n) is 5.81. The highest BCUT2D eigenvalue weighted by molar-refractivity contribution is 7.99. The van der Waals surface area contributed by atoms with E-state index in [4.69, 9.17) is 5.11 Å². The monoisotopic (exact) mass is 518 g/mol. The quantitative estimate of drug-likeness (QED) is 0.0676. The van der Waals surface area contributed by atoms with Gasteiger partial charge in [0.25, 0.3) is 0 Å². The van der Waals surface area contributed by atoms with Gasteiger partial charge in [0.15, 0.2) is 0 Å². The van der Waals surface area contributed by atoms with Crippen molar-refractivity contribution in [2.24, 2.45) is 0 Å². The molecule has 6 nitrogen and oxygen atoms in total. The number of carboxylic acids is 1. The van der Waals surface area contributed by atoms with Crippen LogP contribution in [0.5, 0.6) is 0 Å². The maximum atomic E-state index is 11.5. The molecule has 0 spiro atoms. The van der Waals surface area contributed by atoms with Crippen LogP contribution in [0.4, 0.5) is 0 Å². The summed E-state index contributed by atoms with van der Waals surface area (Å²) >= 11 is 5.83. The first-order valence-electron chi connectivity index (χ1n) is 13.5. The number of hydrogen-bond acceptors (Lipinski definition) is 5. The number of nitrogens with one attached hydrogen (secondary N) is 2. The Kier molecular flexibility index (Phi) is 26.0. The van der Waals surface area contributed by atoms with Crippen LogP contribution in [0, 0.1) is 0 Å². The fourth-order valence-electron chi connectivity index (χ4n) is 3.80. The molecule has 0 aromatic carbocycles. The van der Waals surface area contributed by atoms with E-state index < -0.39 is 17.8 Å². The van der Waals surface area contributed by atoms with Gasteiger partial charge in [-0.2, -0.15) is 24.4 Å². The van der Waals surface area contributed by atoms with Gasteiger partial charge in [-0.25, -0.2) is 0 Å². The van der Waals surface area contributed by atoms with E-state index in [-0.39, 0.29) is 0 Å². The summed E-state index contributed by atoms with van der Waals surface area (Å²) in [4.78, 5) is 33.3. The Morgan fingerprint density at radius 3 is 1.35 bits per heavy atom. The number of carbonyl (C=O) groups is 3. The maximum Gasteiger partial charge on any atom is 0.309 e. The zero-order valence-corrected chi connectivity index (χ0v) is 23.0. The van der Waals surface area contributed by atoms with Crippen LogP contribution in [-0.4, -0.2) is 53.2 Å². The first-order valence-corrected chi connectivity index (χ1v) is 15.3. The molecule has 0 bridgehead atoms. The molecule has 0 fully saturated rings. The van der Waals surface area contributed by atoms with Gasteiger partial charge in [0.2, 0.25) is 0 Å². The molecule has 0 radical (unpaired) electrons. The van der Waals surface area contributed by atoms with E-state index in [1.807, 2.05) is 11.8 Å². The Labute approximate surface area is 218 Å². The van der Waals surface area contributed by atoms with Gasteiger partial charge in [-0.15, -0.1) is 0 Å². The van der Waals surface area contributed by atoms with Crippen LogP contribution < -0.4 is 10.6 Å². The first-order chi connectivity index (χ1) is 16.6. The number of unbranched alkanes of at least 4 members (excludes halogenated alkanes) is 16. The van der Waals surface area contributed by atoms with Crippen LogP contribution >= 0.6 is 24.4 Å². The van der Waals surface area contributed by atoms with Gasteiger partial charge in [-0.3, -0.25) is 14.4 Å². The molecule has 34 heavy (non-hydrogen) atoms. The van der Waals surface area contributed by atoms with Gasteiger partial charge in [0.1, 0.15) is 0 Å². The van der Waals surface area contributed by atoms with Gasteiger partial charge in [0.05, 0.1) is 0 Å². The van der Waals surface area contributed by atoms with Gasteiger partial charge < -0.3 is 15.7 Å². The molecule has 0 saturated carbocycles. The van der Waals surface area contributed by atoms with Crippen molar-refractivity contribution in [2.45, 2.75) is 116 Å². The average Bonchev–Trinajstić information content (AvgIpc) is 2.82. The number of aliphatic carboxylic acids is 1. The van der Waals surface area contributed by atoms with Gasteiger partial charge >= 0.3 is 17.8 Å². The van der Waals surface area contributed by atoms with Crippen LogP contribution in [0.3, 0.4) is 0 Å². The summed E-state index contributed by atoms with van der Waals surface area (Å²) in [7, 11) is 0. The Morgan fingerprint density at radius 2 is 0.941 bits per heavy atom. The van der Waals surface area contributed by atoms with Gasteiger partial charge in [-0.05, 0) is 18.6 Å². The second kappa shape index (κ2) is 26.7.